The summed E-state index contributed by atoms with van der Waals surface area (Å²) in [5, 5.41) is 12.0. The van der Waals surface area contributed by atoms with E-state index in [1.165, 1.54) is 0 Å². The SMILES string of the molecule is CCN(C(=O)NC1CCC(C(=O)O)C1)c1ccccc1C. The van der Waals surface area contributed by atoms with E-state index in [4.69, 9.17) is 5.11 Å². The Hall–Kier alpha value is -2.04. The van der Waals surface area contributed by atoms with Crippen LogP contribution < -0.4 is 10.2 Å². The van der Waals surface area contributed by atoms with E-state index in [9.17, 15) is 9.59 Å². The Kier molecular flexibility index (Phi) is 4.83. The average Bonchev–Trinajstić information content (AvgIpc) is 2.90. The summed E-state index contributed by atoms with van der Waals surface area (Å²) < 4.78 is 0. The average molecular weight is 290 g/mol. The van der Waals surface area contributed by atoms with Crippen LogP contribution in [-0.2, 0) is 4.79 Å². The number of carbonyl (C=O) groups is 2. The number of aryl methyl sites for hydroxylation is 1. The lowest BCUT2D eigenvalue weighted by Crippen LogP contribution is -2.44. The minimum absolute atomic E-state index is 0.0448. The van der Waals surface area contributed by atoms with E-state index in [0.29, 0.717) is 19.4 Å². The van der Waals surface area contributed by atoms with Gasteiger partial charge in [-0.3, -0.25) is 9.69 Å². The number of aliphatic carboxylic acids is 1. The van der Waals surface area contributed by atoms with Crippen molar-refractivity contribution in [2.24, 2.45) is 5.92 Å². The van der Waals surface area contributed by atoms with Crippen LogP contribution in [0.4, 0.5) is 10.5 Å². The lowest BCUT2D eigenvalue weighted by molar-refractivity contribution is -0.141. The number of hydrogen-bond donors (Lipinski definition) is 2. The highest BCUT2D eigenvalue weighted by Gasteiger charge is 2.31. The lowest BCUT2D eigenvalue weighted by atomic mass is 10.1. The molecule has 2 unspecified atom stereocenters. The van der Waals surface area contributed by atoms with Gasteiger partial charge in [0, 0.05) is 18.3 Å². The van der Waals surface area contributed by atoms with Crippen LogP contribution >= 0.6 is 0 Å². The highest BCUT2D eigenvalue weighted by Crippen LogP contribution is 2.26. The van der Waals surface area contributed by atoms with E-state index in [-0.39, 0.29) is 18.0 Å². The molecule has 2 atom stereocenters. The topological polar surface area (TPSA) is 69.6 Å². The summed E-state index contributed by atoms with van der Waals surface area (Å²) in [5.74, 6) is -1.10. The van der Waals surface area contributed by atoms with Crippen molar-refractivity contribution < 1.29 is 14.7 Å². The van der Waals surface area contributed by atoms with E-state index in [2.05, 4.69) is 5.32 Å². The van der Waals surface area contributed by atoms with Gasteiger partial charge in [-0.25, -0.2) is 4.79 Å². The molecule has 0 aliphatic heterocycles. The number of carboxylic acids is 1. The minimum Gasteiger partial charge on any atom is -0.481 e. The molecule has 0 saturated heterocycles. The maximum absolute atomic E-state index is 12.4. The van der Waals surface area contributed by atoms with Crippen molar-refractivity contribution >= 4 is 17.7 Å². The molecule has 0 bridgehead atoms. The van der Waals surface area contributed by atoms with E-state index in [1.807, 2.05) is 38.1 Å². The maximum Gasteiger partial charge on any atom is 0.322 e. The summed E-state index contributed by atoms with van der Waals surface area (Å²) in [6, 6.07) is 7.56. The van der Waals surface area contributed by atoms with Gasteiger partial charge in [0.05, 0.1) is 5.92 Å². The Labute approximate surface area is 125 Å². The molecule has 5 nitrogen and oxygen atoms in total. The number of para-hydroxylation sites is 1. The number of benzene rings is 1. The molecule has 1 aromatic carbocycles. The molecule has 0 aromatic heterocycles. The van der Waals surface area contributed by atoms with Crippen LogP contribution in [0.5, 0.6) is 0 Å². The molecule has 1 aliphatic rings. The Morgan fingerprint density at radius 2 is 2.05 bits per heavy atom. The smallest absolute Gasteiger partial charge is 0.322 e. The lowest BCUT2D eigenvalue weighted by Gasteiger charge is -2.25. The summed E-state index contributed by atoms with van der Waals surface area (Å²) in [6.45, 7) is 4.48. The quantitative estimate of drug-likeness (QED) is 0.896. The van der Waals surface area contributed by atoms with Gasteiger partial charge in [-0.1, -0.05) is 18.2 Å². The highest BCUT2D eigenvalue weighted by molar-refractivity contribution is 5.93. The molecular formula is C16H22N2O3. The van der Waals surface area contributed by atoms with Crippen molar-refractivity contribution in [1.82, 2.24) is 5.32 Å². The zero-order valence-electron chi connectivity index (χ0n) is 12.5. The van der Waals surface area contributed by atoms with Gasteiger partial charge in [-0.15, -0.1) is 0 Å². The van der Waals surface area contributed by atoms with Crippen LogP contribution in [-0.4, -0.2) is 29.7 Å². The minimum atomic E-state index is -0.766. The molecule has 114 valence electrons. The van der Waals surface area contributed by atoms with Crippen LogP contribution in [0.3, 0.4) is 0 Å². The molecule has 0 radical (unpaired) electrons. The first-order chi connectivity index (χ1) is 10.0. The van der Waals surface area contributed by atoms with E-state index < -0.39 is 5.97 Å². The fourth-order valence-corrected chi connectivity index (χ4v) is 2.88. The number of carbonyl (C=O) groups excluding carboxylic acids is 1. The van der Waals surface area contributed by atoms with Crippen LogP contribution in [0.25, 0.3) is 0 Å². The zero-order valence-corrected chi connectivity index (χ0v) is 12.5. The number of amides is 2. The molecule has 2 amide bonds. The van der Waals surface area contributed by atoms with Gasteiger partial charge in [0.15, 0.2) is 0 Å². The van der Waals surface area contributed by atoms with Crippen molar-refractivity contribution in [3.8, 4) is 0 Å². The molecular weight excluding hydrogens is 268 g/mol. The standard InChI is InChI=1S/C16H22N2O3/c1-3-18(14-7-5-4-6-11(14)2)16(21)17-13-9-8-12(10-13)15(19)20/h4-7,12-13H,3,8-10H2,1-2H3,(H,17,21)(H,19,20). The van der Waals surface area contributed by atoms with Crippen molar-refractivity contribution in [1.29, 1.82) is 0 Å². The second-order valence-electron chi connectivity index (χ2n) is 5.53. The second-order valence-corrected chi connectivity index (χ2v) is 5.53. The maximum atomic E-state index is 12.4. The summed E-state index contributed by atoms with van der Waals surface area (Å²) in [4.78, 5) is 25.1. The van der Waals surface area contributed by atoms with Crippen LogP contribution in [0.15, 0.2) is 24.3 Å². The van der Waals surface area contributed by atoms with Crippen LogP contribution in [0.1, 0.15) is 31.7 Å². The third-order valence-corrected chi connectivity index (χ3v) is 4.08. The van der Waals surface area contributed by atoms with Gasteiger partial charge >= 0.3 is 12.0 Å². The molecule has 1 saturated carbocycles. The molecule has 21 heavy (non-hydrogen) atoms. The third kappa shape index (κ3) is 3.54. The number of rotatable bonds is 4. The molecule has 1 aliphatic carbocycles. The predicted molar refractivity (Wildman–Crippen MR) is 81.5 cm³/mol. The summed E-state index contributed by atoms with van der Waals surface area (Å²) in [6.07, 6.45) is 1.89. The number of anilines is 1. The fraction of sp³-hybridized carbons (Fsp3) is 0.500. The van der Waals surface area contributed by atoms with Gasteiger partial charge in [0.25, 0.3) is 0 Å². The first kappa shape index (κ1) is 15.4. The first-order valence-corrected chi connectivity index (χ1v) is 7.39. The van der Waals surface area contributed by atoms with Crippen molar-refractivity contribution in [2.75, 3.05) is 11.4 Å². The third-order valence-electron chi connectivity index (χ3n) is 4.08. The number of nitrogens with zero attached hydrogens (tertiary/aromatic N) is 1. The van der Waals surface area contributed by atoms with E-state index in [1.54, 1.807) is 4.90 Å². The van der Waals surface area contributed by atoms with Crippen molar-refractivity contribution in [2.45, 2.75) is 39.2 Å². The number of nitrogens with one attached hydrogen (secondary N) is 1. The van der Waals surface area contributed by atoms with Crippen LogP contribution in [0.2, 0.25) is 0 Å². The van der Waals surface area contributed by atoms with E-state index in [0.717, 1.165) is 17.7 Å². The highest BCUT2D eigenvalue weighted by atomic mass is 16.4. The van der Waals surface area contributed by atoms with Gasteiger partial charge in [-0.05, 0) is 44.7 Å². The van der Waals surface area contributed by atoms with Gasteiger partial charge in [0.2, 0.25) is 0 Å². The molecule has 2 rings (SSSR count). The Bertz CT molecular complexity index is 530. The molecule has 2 N–H and O–H groups in total. The van der Waals surface area contributed by atoms with E-state index >= 15 is 0 Å². The molecule has 5 heteroatoms. The van der Waals surface area contributed by atoms with Crippen molar-refractivity contribution in [3.63, 3.8) is 0 Å². The van der Waals surface area contributed by atoms with Gasteiger partial charge < -0.3 is 10.4 Å². The Morgan fingerprint density at radius 3 is 2.62 bits per heavy atom. The summed E-state index contributed by atoms with van der Waals surface area (Å²) in [5.41, 5.74) is 1.94. The predicted octanol–water partition coefficient (Wildman–Crippen LogP) is 2.78. The monoisotopic (exact) mass is 290 g/mol. The Morgan fingerprint density at radius 1 is 1.33 bits per heavy atom. The van der Waals surface area contributed by atoms with Crippen molar-refractivity contribution in [3.05, 3.63) is 29.8 Å². The zero-order chi connectivity index (χ0) is 15.4. The number of hydrogen-bond acceptors (Lipinski definition) is 2. The summed E-state index contributed by atoms with van der Waals surface area (Å²) >= 11 is 0. The molecule has 1 fully saturated rings. The number of urea groups is 1. The summed E-state index contributed by atoms with van der Waals surface area (Å²) in [7, 11) is 0. The second kappa shape index (κ2) is 6.61. The molecule has 0 heterocycles. The van der Waals surface area contributed by atoms with Gasteiger partial charge in [0.1, 0.15) is 0 Å². The fourth-order valence-electron chi connectivity index (χ4n) is 2.88. The molecule has 1 aromatic rings. The molecule has 0 spiro atoms. The van der Waals surface area contributed by atoms with Crippen LogP contribution in [0, 0.1) is 12.8 Å². The Balaban J connectivity index is 2.02. The van der Waals surface area contributed by atoms with Gasteiger partial charge in [-0.2, -0.15) is 0 Å². The number of carboxylic acid groups (broad SMARTS) is 1. The normalized spacial score (nSPS) is 21.0. The largest absolute Gasteiger partial charge is 0.481 e. The first-order valence-electron chi connectivity index (χ1n) is 7.39.